The number of carbonyl (C=O) groups excluding carboxylic acids is 2. The van der Waals surface area contributed by atoms with E-state index in [1.807, 2.05) is 42.2 Å². The predicted octanol–water partition coefficient (Wildman–Crippen LogP) is 5.28. The summed E-state index contributed by atoms with van der Waals surface area (Å²) in [4.78, 5) is 37.9. The fourth-order valence-electron chi connectivity index (χ4n) is 6.02. The van der Waals surface area contributed by atoms with Crippen LogP contribution in [0.1, 0.15) is 81.5 Å². The molecule has 39 heavy (non-hydrogen) atoms. The SMILES string of the molecule is COC(=O)N1CCc2nc(-c3cc(C(=O)N4CCC(c5ccc(C#N)cc5)CC4)c(C)cc3C3CC3)[nH]c2C1. The largest absolute Gasteiger partial charge is 0.453 e. The molecule has 2 amide bonds. The van der Waals surface area contributed by atoms with E-state index in [1.165, 1.54) is 18.2 Å². The van der Waals surface area contributed by atoms with Crippen LogP contribution >= 0.6 is 0 Å². The van der Waals surface area contributed by atoms with Crippen molar-refractivity contribution in [2.24, 2.45) is 0 Å². The molecule has 0 spiro atoms. The summed E-state index contributed by atoms with van der Waals surface area (Å²) in [7, 11) is 1.40. The molecule has 2 fully saturated rings. The van der Waals surface area contributed by atoms with Gasteiger partial charge in [-0.15, -0.1) is 0 Å². The normalized spacial score (nSPS) is 17.5. The molecule has 1 aromatic heterocycles. The van der Waals surface area contributed by atoms with Crippen LogP contribution in [0, 0.1) is 18.3 Å². The molecule has 3 heterocycles. The number of aromatic nitrogens is 2. The van der Waals surface area contributed by atoms with E-state index in [9.17, 15) is 9.59 Å². The molecule has 1 N–H and O–H groups in total. The number of ether oxygens (including phenoxy) is 1. The van der Waals surface area contributed by atoms with Gasteiger partial charge in [0, 0.05) is 37.2 Å². The van der Waals surface area contributed by atoms with Gasteiger partial charge in [-0.1, -0.05) is 18.2 Å². The average molecular weight is 524 g/mol. The zero-order valence-electron chi connectivity index (χ0n) is 22.5. The van der Waals surface area contributed by atoms with Crippen LogP contribution in [0.3, 0.4) is 0 Å². The molecule has 8 heteroatoms. The van der Waals surface area contributed by atoms with E-state index in [-0.39, 0.29) is 12.0 Å². The van der Waals surface area contributed by atoms with E-state index in [0.717, 1.165) is 59.6 Å². The van der Waals surface area contributed by atoms with Gasteiger partial charge in [-0.25, -0.2) is 9.78 Å². The van der Waals surface area contributed by atoms with Gasteiger partial charge in [0.25, 0.3) is 5.91 Å². The lowest BCUT2D eigenvalue weighted by Gasteiger charge is -2.33. The van der Waals surface area contributed by atoms with Crippen LogP contribution in [-0.2, 0) is 17.7 Å². The molecular formula is C31H33N5O3. The van der Waals surface area contributed by atoms with Crippen molar-refractivity contribution in [1.82, 2.24) is 19.8 Å². The maximum Gasteiger partial charge on any atom is 0.409 e. The first-order valence-corrected chi connectivity index (χ1v) is 13.8. The number of benzene rings is 2. The first kappa shape index (κ1) is 25.2. The molecule has 3 aromatic rings. The molecule has 8 nitrogen and oxygen atoms in total. The summed E-state index contributed by atoms with van der Waals surface area (Å²) in [6.07, 6.45) is 4.46. The van der Waals surface area contributed by atoms with Crippen molar-refractivity contribution >= 4 is 12.0 Å². The smallest absolute Gasteiger partial charge is 0.409 e. The number of aromatic amines is 1. The van der Waals surface area contributed by atoms with Gasteiger partial charge in [0.1, 0.15) is 5.82 Å². The number of likely N-dealkylation sites (tertiary alicyclic amines) is 1. The third kappa shape index (κ3) is 4.89. The summed E-state index contributed by atoms with van der Waals surface area (Å²) in [5.74, 6) is 1.75. The number of amides is 2. The highest BCUT2D eigenvalue weighted by Crippen LogP contribution is 2.45. The summed E-state index contributed by atoms with van der Waals surface area (Å²) < 4.78 is 4.91. The van der Waals surface area contributed by atoms with E-state index in [4.69, 9.17) is 15.0 Å². The van der Waals surface area contributed by atoms with Gasteiger partial charge < -0.3 is 19.5 Å². The number of nitrogens with one attached hydrogen (secondary N) is 1. The van der Waals surface area contributed by atoms with E-state index in [2.05, 4.69) is 17.1 Å². The van der Waals surface area contributed by atoms with Crippen LogP contribution in [0.25, 0.3) is 11.4 Å². The number of methoxy groups -OCH3 is 1. The number of hydrogen-bond acceptors (Lipinski definition) is 5. The molecule has 0 bridgehead atoms. The third-order valence-electron chi connectivity index (χ3n) is 8.46. The molecule has 1 aliphatic carbocycles. The Bertz CT molecular complexity index is 1460. The standard InChI is InChI=1S/C31H33N5O3/c1-19-15-25(23-7-8-23)26(29-33-27-11-14-36(31(38)39-2)18-28(27)34-29)16-24(19)30(37)35-12-9-22(10-13-35)21-5-3-20(17-32)4-6-21/h3-6,15-16,22-23H,7-14,18H2,1-2H3,(H,33,34). The highest BCUT2D eigenvalue weighted by Gasteiger charge is 2.32. The number of nitrogens with zero attached hydrogens (tertiary/aromatic N) is 4. The average Bonchev–Trinajstić information content (AvgIpc) is 3.74. The Labute approximate surface area is 228 Å². The Kier molecular flexibility index (Phi) is 6.59. The molecule has 1 saturated heterocycles. The molecule has 0 atom stereocenters. The van der Waals surface area contributed by atoms with Crippen LogP contribution in [0.15, 0.2) is 36.4 Å². The molecule has 200 valence electrons. The molecule has 0 radical (unpaired) electrons. The molecule has 1 saturated carbocycles. The van der Waals surface area contributed by atoms with Crippen LogP contribution in [-0.4, -0.2) is 58.5 Å². The topological polar surface area (TPSA) is 102 Å². The lowest BCUT2D eigenvalue weighted by Crippen LogP contribution is -2.38. The van der Waals surface area contributed by atoms with E-state index in [1.54, 1.807) is 4.90 Å². The van der Waals surface area contributed by atoms with Crippen LogP contribution in [0.2, 0.25) is 0 Å². The second-order valence-corrected chi connectivity index (χ2v) is 11.0. The number of piperidine rings is 1. The van der Waals surface area contributed by atoms with Gasteiger partial charge in [0.15, 0.2) is 0 Å². The predicted molar refractivity (Wildman–Crippen MR) is 146 cm³/mol. The minimum absolute atomic E-state index is 0.0718. The van der Waals surface area contributed by atoms with Gasteiger partial charge in [0.2, 0.25) is 0 Å². The van der Waals surface area contributed by atoms with Gasteiger partial charge >= 0.3 is 6.09 Å². The highest BCUT2D eigenvalue weighted by molar-refractivity contribution is 5.97. The van der Waals surface area contributed by atoms with E-state index < -0.39 is 0 Å². The van der Waals surface area contributed by atoms with E-state index in [0.29, 0.717) is 50.0 Å². The second-order valence-electron chi connectivity index (χ2n) is 11.0. The fourth-order valence-corrected chi connectivity index (χ4v) is 6.02. The summed E-state index contributed by atoms with van der Waals surface area (Å²) in [5, 5.41) is 9.07. The molecule has 3 aliphatic rings. The number of imidazole rings is 1. The number of aryl methyl sites for hydroxylation is 1. The summed E-state index contributed by atoms with van der Waals surface area (Å²) >= 11 is 0. The lowest BCUT2D eigenvalue weighted by molar-refractivity contribution is 0.0712. The molecule has 0 unspecified atom stereocenters. The summed E-state index contributed by atoms with van der Waals surface area (Å²) in [5.41, 5.74) is 7.81. The maximum absolute atomic E-state index is 13.8. The van der Waals surface area contributed by atoms with Crippen molar-refractivity contribution in [3.63, 3.8) is 0 Å². The van der Waals surface area contributed by atoms with Gasteiger partial charge in [-0.05, 0) is 79.3 Å². The Morgan fingerprint density at radius 3 is 2.44 bits per heavy atom. The number of rotatable bonds is 4. The molecule has 2 aromatic carbocycles. The maximum atomic E-state index is 13.8. The number of carbonyl (C=O) groups is 2. The Hall–Kier alpha value is -4.12. The van der Waals surface area contributed by atoms with Crippen LogP contribution in [0.4, 0.5) is 4.79 Å². The van der Waals surface area contributed by atoms with Crippen molar-refractivity contribution < 1.29 is 14.3 Å². The minimum atomic E-state index is -0.332. The Morgan fingerprint density at radius 2 is 1.77 bits per heavy atom. The van der Waals surface area contributed by atoms with Crippen molar-refractivity contribution in [2.45, 2.75) is 57.4 Å². The van der Waals surface area contributed by atoms with E-state index >= 15 is 0 Å². The van der Waals surface area contributed by atoms with Gasteiger partial charge in [-0.3, -0.25) is 4.79 Å². The highest BCUT2D eigenvalue weighted by atomic mass is 16.5. The molecular weight excluding hydrogens is 490 g/mol. The van der Waals surface area contributed by atoms with Gasteiger partial charge in [-0.2, -0.15) is 5.26 Å². The number of H-pyrrole nitrogens is 1. The van der Waals surface area contributed by atoms with Crippen molar-refractivity contribution in [3.05, 3.63) is 75.6 Å². The minimum Gasteiger partial charge on any atom is -0.453 e. The Morgan fingerprint density at radius 1 is 1.03 bits per heavy atom. The van der Waals surface area contributed by atoms with Gasteiger partial charge in [0.05, 0.1) is 36.7 Å². The quantitative estimate of drug-likeness (QED) is 0.501. The molecule has 2 aliphatic heterocycles. The zero-order valence-corrected chi connectivity index (χ0v) is 22.5. The first-order chi connectivity index (χ1) is 18.9. The number of fused-ring (bicyclic) bond motifs is 1. The summed E-state index contributed by atoms with van der Waals surface area (Å²) in [6, 6.07) is 14.2. The Balaban J connectivity index is 1.23. The van der Waals surface area contributed by atoms with Crippen molar-refractivity contribution in [3.8, 4) is 17.5 Å². The monoisotopic (exact) mass is 523 g/mol. The van der Waals surface area contributed by atoms with Crippen molar-refractivity contribution in [1.29, 1.82) is 5.26 Å². The fraction of sp³-hybridized carbons (Fsp3) is 0.419. The first-order valence-electron chi connectivity index (χ1n) is 13.8. The molecule has 6 rings (SSSR count). The zero-order chi connectivity index (χ0) is 27.1. The van der Waals surface area contributed by atoms with Crippen LogP contribution < -0.4 is 0 Å². The number of hydrogen-bond donors (Lipinski definition) is 1. The van der Waals surface area contributed by atoms with Crippen molar-refractivity contribution in [2.75, 3.05) is 26.7 Å². The number of nitriles is 1. The third-order valence-corrected chi connectivity index (χ3v) is 8.46. The summed E-state index contributed by atoms with van der Waals surface area (Å²) in [6.45, 7) is 4.48. The lowest BCUT2D eigenvalue weighted by atomic mass is 9.88. The van der Waals surface area contributed by atoms with Crippen LogP contribution in [0.5, 0.6) is 0 Å². The second kappa shape index (κ2) is 10.2.